The van der Waals surface area contributed by atoms with Crippen molar-refractivity contribution in [2.75, 3.05) is 5.75 Å². The fourth-order valence-electron chi connectivity index (χ4n) is 3.39. The Balaban J connectivity index is 1.80. The van der Waals surface area contributed by atoms with Gasteiger partial charge in [-0.05, 0) is 29.8 Å². The second kappa shape index (κ2) is 9.91. The van der Waals surface area contributed by atoms with E-state index in [9.17, 15) is 43.9 Å². The second-order valence-electron chi connectivity index (χ2n) is 7.96. The Kier molecular flexibility index (Phi) is 7.10. The topological polar surface area (TPSA) is 104 Å². The third kappa shape index (κ3) is 5.55. The van der Waals surface area contributed by atoms with Gasteiger partial charge in [-0.1, -0.05) is 19.1 Å². The highest BCUT2D eigenvalue weighted by Gasteiger charge is 2.44. The normalized spacial score (nSPS) is 12.7. The highest BCUT2D eigenvalue weighted by molar-refractivity contribution is 7.91. The summed E-state index contributed by atoms with van der Waals surface area (Å²) in [5, 5.41) is 3.56. The Labute approximate surface area is 214 Å². The van der Waals surface area contributed by atoms with Gasteiger partial charge >= 0.3 is 18.7 Å². The third-order valence-electron chi connectivity index (χ3n) is 5.40. The molecule has 4 rings (SSSR count). The van der Waals surface area contributed by atoms with E-state index in [0.29, 0.717) is 16.9 Å². The number of pyridine rings is 2. The number of nitrogens with zero attached hydrogens (tertiary/aromatic N) is 4. The lowest BCUT2D eigenvalue weighted by Gasteiger charge is -2.17. The van der Waals surface area contributed by atoms with Crippen molar-refractivity contribution in [2.45, 2.75) is 30.5 Å². The Morgan fingerprint density at radius 2 is 1.62 bits per heavy atom. The minimum absolute atomic E-state index is 0.139. The smallest absolute Gasteiger partial charge is 0.428 e. The lowest BCUT2D eigenvalue weighted by atomic mass is 10.1. The van der Waals surface area contributed by atoms with Crippen molar-refractivity contribution in [3.63, 3.8) is 0 Å². The van der Waals surface area contributed by atoms with E-state index in [1.54, 1.807) is 0 Å². The predicted octanol–water partition coefficient (Wildman–Crippen LogP) is 4.89. The molecule has 39 heavy (non-hydrogen) atoms. The Bertz CT molecular complexity index is 1710. The van der Waals surface area contributed by atoms with Gasteiger partial charge in [0.1, 0.15) is 16.2 Å². The second-order valence-corrected chi connectivity index (χ2v) is 10.2. The molecule has 0 amide bonds. The summed E-state index contributed by atoms with van der Waals surface area (Å²) in [6, 6.07) is 6.11. The van der Waals surface area contributed by atoms with E-state index in [4.69, 9.17) is 0 Å². The maximum absolute atomic E-state index is 13.1. The first-order valence-electron chi connectivity index (χ1n) is 10.8. The molecule has 0 aliphatic carbocycles. The van der Waals surface area contributed by atoms with Gasteiger partial charge in [0.2, 0.25) is 0 Å². The fourth-order valence-corrected chi connectivity index (χ4v) is 4.43. The molecule has 206 valence electrons. The molecule has 0 N–H and O–H groups in total. The van der Waals surface area contributed by atoms with Gasteiger partial charge < -0.3 is 4.74 Å². The number of hydrogen-bond acceptors (Lipinski definition) is 7. The zero-order chi connectivity index (χ0) is 28.8. The van der Waals surface area contributed by atoms with Crippen molar-refractivity contribution in [2.24, 2.45) is 0 Å². The number of hydrogen-bond donors (Lipinski definition) is 0. The van der Waals surface area contributed by atoms with Gasteiger partial charge in [-0.3, -0.25) is 4.79 Å². The monoisotopic (exact) mass is 576 g/mol. The highest BCUT2D eigenvalue weighted by atomic mass is 32.2. The quantitative estimate of drug-likeness (QED) is 0.289. The average molecular weight is 576 g/mol. The number of rotatable bonds is 7. The van der Waals surface area contributed by atoms with Crippen LogP contribution in [0, 0.1) is 0 Å². The van der Waals surface area contributed by atoms with Crippen LogP contribution >= 0.6 is 0 Å². The lowest BCUT2D eigenvalue weighted by molar-refractivity contribution is -0.253. The molecule has 3 heterocycles. The minimum Gasteiger partial charge on any atom is -0.428 e. The van der Waals surface area contributed by atoms with Crippen molar-refractivity contribution >= 4 is 20.7 Å². The van der Waals surface area contributed by atoms with Crippen LogP contribution < -0.4 is 10.3 Å². The standard InChI is InChI=1S/C23H15F7N4O4S/c1-2-39(36,37)17-8-13(12-3-5-16(6-4-12)38-23(29,30)21(24)25)9-32-19(17)34-20(35)18-14(10-33-34)7-15(11-31-18)22(26,27)28/h3-11,21H,2H2,1H3. The summed E-state index contributed by atoms with van der Waals surface area (Å²) >= 11 is 0. The van der Waals surface area contributed by atoms with Crippen LogP contribution in [-0.2, 0) is 16.0 Å². The first-order valence-corrected chi connectivity index (χ1v) is 12.4. The molecule has 4 aromatic rings. The molecule has 1 aromatic carbocycles. The summed E-state index contributed by atoms with van der Waals surface area (Å²) < 4.78 is 120. The first kappa shape index (κ1) is 27.9. The Morgan fingerprint density at radius 1 is 0.949 bits per heavy atom. The van der Waals surface area contributed by atoms with E-state index in [-0.39, 0.29) is 16.5 Å². The van der Waals surface area contributed by atoms with E-state index in [1.165, 1.54) is 19.1 Å². The summed E-state index contributed by atoms with van der Waals surface area (Å²) in [6.45, 7) is 1.32. The molecular formula is C23H15F7N4O4S. The van der Waals surface area contributed by atoms with Gasteiger partial charge in [-0.25, -0.2) is 18.4 Å². The number of ether oxygens (including phenoxy) is 1. The highest BCUT2D eigenvalue weighted by Crippen LogP contribution is 2.32. The number of benzene rings is 1. The number of sulfone groups is 1. The molecular weight excluding hydrogens is 561 g/mol. The Morgan fingerprint density at radius 3 is 2.21 bits per heavy atom. The summed E-state index contributed by atoms with van der Waals surface area (Å²) in [5.74, 6) is -1.47. The maximum Gasteiger partial charge on any atom is 0.461 e. The van der Waals surface area contributed by atoms with E-state index in [1.807, 2.05) is 0 Å². The molecule has 8 nitrogen and oxygen atoms in total. The number of halogens is 7. The van der Waals surface area contributed by atoms with Crippen LogP contribution in [0.4, 0.5) is 30.7 Å². The van der Waals surface area contributed by atoms with Crippen LogP contribution in [-0.4, -0.2) is 46.5 Å². The summed E-state index contributed by atoms with van der Waals surface area (Å²) in [5.41, 5.74) is -2.19. The van der Waals surface area contributed by atoms with Crippen LogP contribution in [0.3, 0.4) is 0 Å². The van der Waals surface area contributed by atoms with Gasteiger partial charge in [0, 0.05) is 23.3 Å². The number of fused-ring (bicyclic) bond motifs is 1. The maximum atomic E-state index is 13.1. The lowest BCUT2D eigenvalue weighted by Crippen LogP contribution is -2.33. The van der Waals surface area contributed by atoms with Crippen LogP contribution in [0.15, 0.2) is 64.7 Å². The van der Waals surface area contributed by atoms with Gasteiger partial charge in [-0.2, -0.15) is 40.5 Å². The van der Waals surface area contributed by atoms with Crippen molar-refractivity contribution in [1.29, 1.82) is 0 Å². The summed E-state index contributed by atoms with van der Waals surface area (Å²) in [7, 11) is -4.08. The molecule has 0 bridgehead atoms. The van der Waals surface area contributed by atoms with Gasteiger partial charge in [-0.15, -0.1) is 0 Å². The Hall–Kier alpha value is -4.08. The molecule has 0 fully saturated rings. The minimum atomic E-state index is -4.73. The third-order valence-corrected chi connectivity index (χ3v) is 7.13. The predicted molar refractivity (Wildman–Crippen MR) is 123 cm³/mol. The largest absolute Gasteiger partial charge is 0.461 e. The van der Waals surface area contributed by atoms with Crippen LogP contribution in [0.1, 0.15) is 12.5 Å². The van der Waals surface area contributed by atoms with Crippen LogP contribution in [0.5, 0.6) is 5.75 Å². The zero-order valence-corrected chi connectivity index (χ0v) is 20.3. The van der Waals surface area contributed by atoms with Crippen molar-refractivity contribution < 1.29 is 43.9 Å². The fraction of sp³-hybridized carbons (Fsp3) is 0.217. The van der Waals surface area contributed by atoms with Crippen molar-refractivity contribution in [3.8, 4) is 22.7 Å². The molecule has 0 saturated carbocycles. The SMILES string of the molecule is CCS(=O)(=O)c1cc(-c2ccc(OC(F)(F)C(F)F)cc2)cnc1-n1ncc2cc(C(F)(F)F)cnc2c1=O. The molecule has 0 atom stereocenters. The summed E-state index contributed by atoms with van der Waals surface area (Å²) in [4.78, 5) is 20.1. The van der Waals surface area contributed by atoms with Gasteiger partial charge in [0.25, 0.3) is 5.56 Å². The van der Waals surface area contributed by atoms with Crippen LogP contribution in [0.2, 0.25) is 0 Å². The molecule has 0 radical (unpaired) electrons. The number of aromatic nitrogens is 4. The zero-order valence-electron chi connectivity index (χ0n) is 19.5. The first-order chi connectivity index (χ1) is 18.1. The molecule has 0 spiro atoms. The van der Waals surface area contributed by atoms with Crippen molar-refractivity contribution in [3.05, 3.63) is 70.9 Å². The molecule has 16 heteroatoms. The molecule has 0 unspecified atom stereocenters. The van der Waals surface area contributed by atoms with Gasteiger partial charge in [0.15, 0.2) is 15.7 Å². The summed E-state index contributed by atoms with van der Waals surface area (Å²) in [6.07, 6.45) is -11.0. The molecule has 3 aromatic heterocycles. The van der Waals surface area contributed by atoms with Crippen LogP contribution in [0.25, 0.3) is 27.8 Å². The molecule has 0 aliphatic rings. The van der Waals surface area contributed by atoms with E-state index in [2.05, 4.69) is 19.8 Å². The molecule has 0 aliphatic heterocycles. The van der Waals surface area contributed by atoms with E-state index >= 15 is 0 Å². The van der Waals surface area contributed by atoms with E-state index in [0.717, 1.165) is 30.6 Å². The average Bonchev–Trinajstić information content (AvgIpc) is 2.88. The number of alkyl halides is 7. The molecule has 0 saturated heterocycles. The van der Waals surface area contributed by atoms with Crippen molar-refractivity contribution in [1.82, 2.24) is 19.7 Å². The van der Waals surface area contributed by atoms with E-state index < -0.39 is 67.4 Å². The van der Waals surface area contributed by atoms with Gasteiger partial charge in [0.05, 0.1) is 17.5 Å².